The first-order valence-electron chi connectivity index (χ1n) is 6.05. The largest absolute Gasteiger partial charge is 0.361 e. The number of hydrogen-bond donors (Lipinski definition) is 1. The van der Waals surface area contributed by atoms with Gasteiger partial charge in [-0.15, -0.1) is 0 Å². The van der Waals surface area contributed by atoms with Gasteiger partial charge < -0.3 is 15.2 Å². The normalized spacial score (nSPS) is 12.2. The summed E-state index contributed by atoms with van der Waals surface area (Å²) in [6.07, 6.45) is 0. The Morgan fingerprint density at radius 3 is 2.68 bits per heavy atom. The van der Waals surface area contributed by atoms with Crippen LogP contribution >= 0.6 is 0 Å². The summed E-state index contributed by atoms with van der Waals surface area (Å²) >= 11 is 0. The van der Waals surface area contributed by atoms with Crippen LogP contribution in [0.2, 0.25) is 0 Å². The van der Waals surface area contributed by atoms with Crippen molar-refractivity contribution in [3.63, 3.8) is 0 Å². The Morgan fingerprint density at radius 1 is 1.42 bits per heavy atom. The van der Waals surface area contributed by atoms with Crippen LogP contribution in [0.1, 0.15) is 23.1 Å². The predicted octanol–water partition coefficient (Wildman–Crippen LogP) is 1.64. The molecule has 5 nitrogen and oxygen atoms in total. The number of aryl methyl sites for hydroxylation is 1. The summed E-state index contributed by atoms with van der Waals surface area (Å²) < 4.78 is 4.97. The van der Waals surface area contributed by atoms with Crippen LogP contribution in [0.3, 0.4) is 0 Å². The van der Waals surface area contributed by atoms with Crippen LogP contribution in [-0.4, -0.2) is 23.0 Å². The minimum atomic E-state index is -0.654. The molecule has 2 aromatic rings. The molecule has 5 heteroatoms. The van der Waals surface area contributed by atoms with Crippen molar-refractivity contribution in [3.8, 4) is 0 Å². The molecule has 19 heavy (non-hydrogen) atoms. The Bertz CT molecular complexity index is 551. The molecule has 1 amide bonds. The highest BCUT2D eigenvalue weighted by Gasteiger charge is 2.20. The van der Waals surface area contributed by atoms with Gasteiger partial charge in [0, 0.05) is 13.1 Å². The topological polar surface area (TPSA) is 72.4 Å². The fourth-order valence-electron chi connectivity index (χ4n) is 1.85. The molecule has 1 atom stereocenters. The number of carbonyl (C=O) groups excluding carboxylic acids is 1. The van der Waals surface area contributed by atoms with E-state index < -0.39 is 6.04 Å². The quantitative estimate of drug-likeness (QED) is 0.906. The number of carbonyl (C=O) groups is 1. The lowest BCUT2D eigenvalue weighted by atomic mass is 10.1. The first-order valence-corrected chi connectivity index (χ1v) is 6.05. The highest BCUT2D eigenvalue weighted by atomic mass is 16.5. The third-order valence-corrected chi connectivity index (χ3v) is 2.88. The van der Waals surface area contributed by atoms with Gasteiger partial charge in [-0.2, -0.15) is 0 Å². The van der Waals surface area contributed by atoms with Crippen molar-refractivity contribution < 1.29 is 9.32 Å². The number of aromatic nitrogens is 1. The Labute approximate surface area is 112 Å². The summed E-state index contributed by atoms with van der Waals surface area (Å²) in [6.45, 7) is 2.20. The van der Waals surface area contributed by atoms with Gasteiger partial charge in [0.25, 0.3) is 0 Å². The Kier molecular flexibility index (Phi) is 3.97. The van der Waals surface area contributed by atoms with E-state index in [1.165, 1.54) is 0 Å². The van der Waals surface area contributed by atoms with Crippen LogP contribution in [0.5, 0.6) is 0 Å². The standard InChI is InChI=1S/C14H17N3O2/c1-10-8-12(16-19-10)9-17(2)14(18)13(15)11-6-4-3-5-7-11/h3-8,13H,9,15H2,1-2H3/t13-/m1/s1. The van der Waals surface area contributed by atoms with Crippen molar-refractivity contribution in [2.45, 2.75) is 19.5 Å². The molecule has 0 aliphatic heterocycles. The van der Waals surface area contributed by atoms with Gasteiger partial charge in [0.1, 0.15) is 17.5 Å². The molecule has 0 aliphatic rings. The smallest absolute Gasteiger partial charge is 0.244 e. The summed E-state index contributed by atoms with van der Waals surface area (Å²) in [6, 6.07) is 10.5. The lowest BCUT2D eigenvalue weighted by Crippen LogP contribution is -2.35. The Balaban J connectivity index is 2.03. The number of nitrogens with zero attached hydrogens (tertiary/aromatic N) is 2. The van der Waals surface area contributed by atoms with E-state index in [0.29, 0.717) is 12.2 Å². The monoisotopic (exact) mass is 259 g/mol. The fourth-order valence-corrected chi connectivity index (χ4v) is 1.85. The molecule has 2 N–H and O–H groups in total. The number of likely N-dealkylation sites (N-methyl/N-ethyl adjacent to an activating group) is 1. The number of hydrogen-bond acceptors (Lipinski definition) is 4. The van der Waals surface area contributed by atoms with E-state index in [1.54, 1.807) is 18.0 Å². The molecule has 0 saturated carbocycles. The van der Waals surface area contributed by atoms with E-state index in [1.807, 2.05) is 37.3 Å². The van der Waals surface area contributed by atoms with E-state index in [9.17, 15) is 4.79 Å². The maximum Gasteiger partial charge on any atom is 0.244 e. The molecule has 100 valence electrons. The maximum atomic E-state index is 12.2. The first-order chi connectivity index (χ1) is 9.08. The van der Waals surface area contributed by atoms with Crippen molar-refractivity contribution in [2.75, 3.05) is 7.05 Å². The summed E-state index contributed by atoms with van der Waals surface area (Å²) in [5.41, 5.74) is 7.48. The second-order valence-corrected chi connectivity index (χ2v) is 4.51. The van der Waals surface area contributed by atoms with Gasteiger partial charge in [0.2, 0.25) is 5.91 Å². The van der Waals surface area contributed by atoms with E-state index in [2.05, 4.69) is 5.16 Å². The van der Waals surface area contributed by atoms with E-state index >= 15 is 0 Å². The Hall–Kier alpha value is -2.14. The molecular weight excluding hydrogens is 242 g/mol. The molecule has 0 unspecified atom stereocenters. The fraction of sp³-hybridized carbons (Fsp3) is 0.286. The molecule has 0 saturated heterocycles. The summed E-state index contributed by atoms with van der Waals surface area (Å²) in [4.78, 5) is 13.7. The lowest BCUT2D eigenvalue weighted by Gasteiger charge is -2.20. The minimum Gasteiger partial charge on any atom is -0.361 e. The zero-order valence-electron chi connectivity index (χ0n) is 11.0. The van der Waals surface area contributed by atoms with Crippen LogP contribution in [0.15, 0.2) is 40.9 Å². The van der Waals surface area contributed by atoms with Crippen LogP contribution in [0.25, 0.3) is 0 Å². The van der Waals surface area contributed by atoms with Gasteiger partial charge in [-0.1, -0.05) is 35.5 Å². The molecule has 1 aromatic carbocycles. The zero-order chi connectivity index (χ0) is 13.8. The van der Waals surface area contributed by atoms with Crippen molar-refractivity contribution >= 4 is 5.91 Å². The molecule has 1 aromatic heterocycles. The van der Waals surface area contributed by atoms with Gasteiger partial charge in [0.05, 0.1) is 6.54 Å². The van der Waals surface area contributed by atoms with E-state index in [0.717, 1.165) is 11.3 Å². The molecular formula is C14H17N3O2. The second-order valence-electron chi connectivity index (χ2n) is 4.51. The average molecular weight is 259 g/mol. The minimum absolute atomic E-state index is 0.146. The third kappa shape index (κ3) is 3.20. The molecule has 0 fully saturated rings. The number of nitrogens with two attached hydrogens (primary N) is 1. The van der Waals surface area contributed by atoms with Crippen molar-refractivity contribution in [1.29, 1.82) is 0 Å². The highest BCUT2D eigenvalue weighted by molar-refractivity contribution is 5.82. The molecule has 2 rings (SSSR count). The number of amides is 1. The molecule has 0 radical (unpaired) electrons. The van der Waals surface area contributed by atoms with Gasteiger partial charge in [-0.05, 0) is 12.5 Å². The highest BCUT2D eigenvalue weighted by Crippen LogP contribution is 2.13. The van der Waals surface area contributed by atoms with Gasteiger partial charge in [-0.3, -0.25) is 4.79 Å². The maximum absolute atomic E-state index is 12.2. The van der Waals surface area contributed by atoms with Gasteiger partial charge in [0.15, 0.2) is 0 Å². The van der Waals surface area contributed by atoms with Gasteiger partial charge in [-0.25, -0.2) is 0 Å². The Morgan fingerprint density at radius 2 is 2.11 bits per heavy atom. The van der Waals surface area contributed by atoms with Crippen molar-refractivity contribution in [2.24, 2.45) is 5.73 Å². The molecule has 1 heterocycles. The summed E-state index contributed by atoms with van der Waals surface area (Å²) in [7, 11) is 1.70. The lowest BCUT2D eigenvalue weighted by molar-refractivity contribution is -0.132. The number of benzene rings is 1. The van der Waals surface area contributed by atoms with Crippen LogP contribution < -0.4 is 5.73 Å². The molecule has 0 spiro atoms. The SMILES string of the molecule is Cc1cc(CN(C)C(=O)[C@H](N)c2ccccc2)no1. The summed E-state index contributed by atoms with van der Waals surface area (Å²) in [5, 5.41) is 3.86. The van der Waals surface area contributed by atoms with Gasteiger partial charge >= 0.3 is 0 Å². The van der Waals surface area contributed by atoms with Crippen molar-refractivity contribution in [3.05, 3.63) is 53.4 Å². The molecule has 0 bridgehead atoms. The molecule has 0 aliphatic carbocycles. The van der Waals surface area contributed by atoms with Crippen molar-refractivity contribution in [1.82, 2.24) is 10.1 Å². The van der Waals surface area contributed by atoms with E-state index in [-0.39, 0.29) is 5.91 Å². The van der Waals surface area contributed by atoms with Crippen LogP contribution in [0.4, 0.5) is 0 Å². The van der Waals surface area contributed by atoms with E-state index in [4.69, 9.17) is 10.3 Å². The number of rotatable bonds is 4. The van der Waals surface area contributed by atoms with Crippen LogP contribution in [0, 0.1) is 6.92 Å². The van der Waals surface area contributed by atoms with Crippen LogP contribution in [-0.2, 0) is 11.3 Å². The second kappa shape index (κ2) is 5.67. The summed E-state index contributed by atoms with van der Waals surface area (Å²) in [5.74, 6) is 0.579. The zero-order valence-corrected chi connectivity index (χ0v) is 11.0. The average Bonchev–Trinajstić information content (AvgIpc) is 2.83. The third-order valence-electron chi connectivity index (χ3n) is 2.88. The first kappa shape index (κ1) is 13.3. The predicted molar refractivity (Wildman–Crippen MR) is 71.1 cm³/mol.